The second-order valence-electron chi connectivity index (χ2n) is 9.28. The number of aromatic nitrogens is 6. The van der Waals surface area contributed by atoms with Crippen LogP contribution in [0.2, 0.25) is 5.02 Å². The van der Waals surface area contributed by atoms with Crippen LogP contribution >= 0.6 is 11.6 Å². The molecule has 0 saturated carbocycles. The van der Waals surface area contributed by atoms with E-state index >= 15 is 0 Å². The zero-order valence-electron chi connectivity index (χ0n) is 20.7. The number of imidazole rings is 1. The predicted octanol–water partition coefficient (Wildman–Crippen LogP) is 5.52. The summed E-state index contributed by atoms with van der Waals surface area (Å²) in [5.74, 6) is 2.15. The van der Waals surface area contributed by atoms with E-state index in [4.69, 9.17) is 22.3 Å². The zero-order chi connectivity index (χ0) is 25.7. The summed E-state index contributed by atoms with van der Waals surface area (Å²) in [6.45, 7) is 4.81. The van der Waals surface area contributed by atoms with Gasteiger partial charge in [0.05, 0.1) is 10.5 Å². The standard InChI is InChI=1S/C28H25ClN8/c1-15-8-21-20(6-7-31-26(21)30)16(2)22(15)13-33-27-25-28(35-14-34-27)37(3)24(36-25)10-17-4-5-23-18(9-17)11-19(29)12-32-23/h4-9,11-12,14H,10,13H2,1-3H3,(H2,30,31)(H,33,34,35). The Morgan fingerprint density at radius 3 is 2.73 bits per heavy atom. The molecule has 0 aliphatic heterocycles. The average molecular weight is 509 g/mol. The number of hydrogen-bond donors (Lipinski definition) is 2. The van der Waals surface area contributed by atoms with Crippen LogP contribution in [-0.4, -0.2) is 29.5 Å². The molecular formula is C28H25ClN8. The van der Waals surface area contributed by atoms with Gasteiger partial charge in [-0.2, -0.15) is 0 Å². The molecule has 6 aromatic rings. The fourth-order valence-electron chi connectivity index (χ4n) is 4.95. The lowest BCUT2D eigenvalue weighted by Crippen LogP contribution is -2.07. The Labute approximate surface area is 218 Å². The molecular weight excluding hydrogens is 484 g/mol. The topological polar surface area (TPSA) is 107 Å². The van der Waals surface area contributed by atoms with Crippen LogP contribution in [0.4, 0.5) is 11.6 Å². The van der Waals surface area contributed by atoms with Crippen molar-refractivity contribution in [3.8, 4) is 0 Å². The number of hydrogen-bond acceptors (Lipinski definition) is 7. The summed E-state index contributed by atoms with van der Waals surface area (Å²) >= 11 is 6.15. The Morgan fingerprint density at radius 1 is 1.00 bits per heavy atom. The van der Waals surface area contributed by atoms with Gasteiger partial charge in [0, 0.05) is 43.2 Å². The SMILES string of the molecule is Cc1cc2c(N)nccc2c(C)c1CNc1ncnc2c1nc(Cc1ccc3ncc(Cl)cc3c1)n2C. The maximum Gasteiger partial charge on any atom is 0.165 e. The summed E-state index contributed by atoms with van der Waals surface area (Å²) in [5.41, 5.74) is 13.2. The van der Waals surface area contributed by atoms with Gasteiger partial charge in [-0.1, -0.05) is 17.7 Å². The first-order chi connectivity index (χ1) is 17.9. The molecule has 0 saturated heterocycles. The van der Waals surface area contributed by atoms with E-state index in [9.17, 15) is 0 Å². The Morgan fingerprint density at radius 2 is 1.86 bits per heavy atom. The summed E-state index contributed by atoms with van der Waals surface area (Å²) in [6.07, 6.45) is 5.64. The van der Waals surface area contributed by atoms with Gasteiger partial charge in [-0.15, -0.1) is 0 Å². The lowest BCUT2D eigenvalue weighted by Gasteiger charge is -2.15. The van der Waals surface area contributed by atoms with Crippen molar-refractivity contribution in [2.45, 2.75) is 26.8 Å². The van der Waals surface area contributed by atoms with Gasteiger partial charge < -0.3 is 15.6 Å². The Balaban J connectivity index is 1.32. The van der Waals surface area contributed by atoms with E-state index < -0.39 is 0 Å². The second-order valence-corrected chi connectivity index (χ2v) is 9.72. The molecule has 4 heterocycles. The number of fused-ring (bicyclic) bond motifs is 3. The highest BCUT2D eigenvalue weighted by molar-refractivity contribution is 6.31. The largest absolute Gasteiger partial charge is 0.383 e. The lowest BCUT2D eigenvalue weighted by atomic mass is 9.96. The third kappa shape index (κ3) is 4.09. The molecule has 0 bridgehead atoms. The quantitative estimate of drug-likeness (QED) is 0.316. The number of nitrogen functional groups attached to an aromatic ring is 1. The molecule has 2 aromatic carbocycles. The Bertz CT molecular complexity index is 1830. The number of anilines is 2. The number of nitrogens with one attached hydrogen (secondary N) is 1. The summed E-state index contributed by atoms with van der Waals surface area (Å²) in [6, 6.07) is 12.2. The van der Waals surface area contributed by atoms with Crippen LogP contribution in [0.15, 0.2) is 55.1 Å². The maximum absolute atomic E-state index is 6.15. The summed E-state index contributed by atoms with van der Waals surface area (Å²) in [4.78, 5) is 22.6. The highest BCUT2D eigenvalue weighted by Crippen LogP contribution is 2.29. The van der Waals surface area contributed by atoms with Crippen LogP contribution in [0.25, 0.3) is 32.8 Å². The number of benzene rings is 2. The van der Waals surface area contributed by atoms with Gasteiger partial charge in [0.25, 0.3) is 0 Å². The number of pyridine rings is 2. The Kier molecular flexibility index (Phi) is 5.61. The summed E-state index contributed by atoms with van der Waals surface area (Å²) in [5, 5.41) is 7.21. The molecule has 0 aliphatic carbocycles. The minimum absolute atomic E-state index is 0.549. The van der Waals surface area contributed by atoms with Crippen LogP contribution in [-0.2, 0) is 20.0 Å². The Hall–Kier alpha value is -4.30. The van der Waals surface area contributed by atoms with E-state index in [1.807, 2.05) is 29.8 Å². The molecule has 4 aromatic heterocycles. The van der Waals surface area contributed by atoms with E-state index in [2.05, 4.69) is 57.3 Å². The van der Waals surface area contributed by atoms with Gasteiger partial charge in [-0.25, -0.2) is 19.9 Å². The molecule has 0 aliphatic rings. The van der Waals surface area contributed by atoms with Gasteiger partial charge in [-0.3, -0.25) is 4.98 Å². The van der Waals surface area contributed by atoms with Gasteiger partial charge in [0.15, 0.2) is 17.0 Å². The normalized spacial score (nSPS) is 11.6. The smallest absolute Gasteiger partial charge is 0.165 e. The van der Waals surface area contributed by atoms with E-state index in [1.165, 1.54) is 11.1 Å². The molecule has 0 amide bonds. The number of aryl methyl sites for hydroxylation is 3. The highest BCUT2D eigenvalue weighted by Gasteiger charge is 2.16. The van der Waals surface area contributed by atoms with E-state index in [-0.39, 0.29) is 0 Å². The summed E-state index contributed by atoms with van der Waals surface area (Å²) in [7, 11) is 1.98. The molecule has 8 nitrogen and oxygen atoms in total. The van der Waals surface area contributed by atoms with Crippen molar-refractivity contribution in [2.75, 3.05) is 11.1 Å². The number of halogens is 1. The first kappa shape index (κ1) is 23.1. The number of nitrogens with two attached hydrogens (primary N) is 1. The zero-order valence-corrected chi connectivity index (χ0v) is 21.5. The molecule has 0 radical (unpaired) electrons. The molecule has 0 atom stereocenters. The van der Waals surface area contributed by atoms with E-state index in [1.54, 1.807) is 18.7 Å². The van der Waals surface area contributed by atoms with Gasteiger partial charge >= 0.3 is 0 Å². The van der Waals surface area contributed by atoms with Crippen LogP contribution in [0.3, 0.4) is 0 Å². The molecule has 184 valence electrons. The molecule has 9 heteroatoms. The first-order valence-corrected chi connectivity index (χ1v) is 12.3. The van der Waals surface area contributed by atoms with Crippen molar-refractivity contribution >= 4 is 56.1 Å². The fourth-order valence-corrected chi connectivity index (χ4v) is 5.12. The van der Waals surface area contributed by atoms with E-state index in [0.717, 1.165) is 49.8 Å². The van der Waals surface area contributed by atoms with Crippen LogP contribution < -0.4 is 11.1 Å². The van der Waals surface area contributed by atoms with Gasteiger partial charge in [0.2, 0.25) is 0 Å². The maximum atomic E-state index is 6.15. The highest BCUT2D eigenvalue weighted by atomic mass is 35.5. The molecule has 6 rings (SSSR count). The van der Waals surface area contributed by atoms with Crippen molar-refractivity contribution in [1.82, 2.24) is 29.5 Å². The third-order valence-corrected chi connectivity index (χ3v) is 7.18. The van der Waals surface area contributed by atoms with Crippen molar-refractivity contribution in [2.24, 2.45) is 7.05 Å². The predicted molar refractivity (Wildman–Crippen MR) is 149 cm³/mol. The van der Waals surface area contributed by atoms with E-state index in [0.29, 0.717) is 29.6 Å². The van der Waals surface area contributed by atoms with Gasteiger partial charge in [0.1, 0.15) is 18.0 Å². The second kappa shape index (κ2) is 8.97. The monoisotopic (exact) mass is 508 g/mol. The minimum Gasteiger partial charge on any atom is -0.383 e. The van der Waals surface area contributed by atoms with Crippen molar-refractivity contribution in [3.05, 3.63) is 88.2 Å². The fraction of sp³-hybridized carbons (Fsp3) is 0.179. The molecule has 0 spiro atoms. The van der Waals surface area contributed by atoms with Crippen LogP contribution in [0, 0.1) is 13.8 Å². The lowest BCUT2D eigenvalue weighted by molar-refractivity contribution is 0.835. The molecule has 37 heavy (non-hydrogen) atoms. The minimum atomic E-state index is 0.549. The molecule has 3 N–H and O–H groups in total. The molecule has 0 fully saturated rings. The van der Waals surface area contributed by atoms with Crippen LogP contribution in [0.1, 0.15) is 28.1 Å². The third-order valence-electron chi connectivity index (χ3n) is 6.97. The molecule has 0 unspecified atom stereocenters. The average Bonchev–Trinajstić information content (AvgIpc) is 3.20. The van der Waals surface area contributed by atoms with Gasteiger partial charge in [-0.05, 0) is 71.8 Å². The van der Waals surface area contributed by atoms with Crippen molar-refractivity contribution in [1.29, 1.82) is 0 Å². The van der Waals surface area contributed by atoms with Crippen LogP contribution in [0.5, 0.6) is 0 Å². The summed E-state index contributed by atoms with van der Waals surface area (Å²) < 4.78 is 2.02. The van der Waals surface area contributed by atoms with Crippen molar-refractivity contribution < 1.29 is 0 Å². The number of rotatable bonds is 5. The van der Waals surface area contributed by atoms with Crippen molar-refractivity contribution in [3.63, 3.8) is 0 Å². The number of nitrogens with zero attached hydrogens (tertiary/aromatic N) is 6. The first-order valence-electron chi connectivity index (χ1n) is 12.0.